The smallest absolute Gasteiger partial charge is 0.278 e. The van der Waals surface area contributed by atoms with Crippen LogP contribution in [0.5, 0.6) is 0 Å². The molecule has 7 heteroatoms. The van der Waals surface area contributed by atoms with E-state index in [0.717, 1.165) is 16.8 Å². The van der Waals surface area contributed by atoms with E-state index in [0.29, 0.717) is 22.3 Å². The first-order valence-electron chi connectivity index (χ1n) is 10.6. The molecule has 0 fully saturated rings. The zero-order valence-corrected chi connectivity index (χ0v) is 18.7. The van der Waals surface area contributed by atoms with Crippen molar-refractivity contribution >= 4 is 34.2 Å². The molecule has 2 N–H and O–H groups in total. The molecule has 4 rings (SSSR count). The number of aromatic nitrogens is 2. The summed E-state index contributed by atoms with van der Waals surface area (Å²) < 4.78 is 1.42. The van der Waals surface area contributed by atoms with Crippen LogP contribution in [0.2, 0.25) is 0 Å². The first-order valence-corrected chi connectivity index (χ1v) is 10.6. The molecule has 166 valence electrons. The predicted molar refractivity (Wildman–Crippen MR) is 130 cm³/mol. The maximum absolute atomic E-state index is 13.6. The number of amides is 2. The minimum Gasteiger partial charge on any atom is -0.326 e. The molecule has 0 saturated carbocycles. The van der Waals surface area contributed by atoms with Crippen LogP contribution < -0.4 is 16.2 Å². The van der Waals surface area contributed by atoms with Crippen molar-refractivity contribution in [2.24, 2.45) is 0 Å². The van der Waals surface area contributed by atoms with Crippen molar-refractivity contribution < 1.29 is 9.59 Å². The van der Waals surface area contributed by atoms with Gasteiger partial charge in [-0.05, 0) is 43.2 Å². The Balaban J connectivity index is 1.81. The molecule has 33 heavy (non-hydrogen) atoms. The standard InChI is InChI=1S/C26H24N4O3/c1-16-9-8-10-17(2)24(16)29-23(32)15-30-22-14-7-6-13-21(22)28-25(26(30)33)19-11-4-5-12-20(19)27-18(3)31/h4-14H,15H2,1-3H3,(H,27,31)(H,29,32). The van der Waals surface area contributed by atoms with Gasteiger partial charge >= 0.3 is 0 Å². The lowest BCUT2D eigenvalue weighted by Gasteiger charge is -2.15. The average Bonchev–Trinajstić information content (AvgIpc) is 2.78. The molecule has 0 atom stereocenters. The SMILES string of the molecule is CC(=O)Nc1ccccc1-c1nc2ccccc2n(CC(=O)Nc2c(C)cccc2C)c1=O. The molecular weight excluding hydrogens is 416 g/mol. The number of rotatable bonds is 5. The molecule has 4 aromatic rings. The zero-order chi connectivity index (χ0) is 23.5. The molecule has 1 heterocycles. The van der Waals surface area contributed by atoms with Crippen LogP contribution in [0.1, 0.15) is 18.1 Å². The van der Waals surface area contributed by atoms with Crippen molar-refractivity contribution in [3.05, 3.63) is 88.2 Å². The Labute approximate surface area is 191 Å². The van der Waals surface area contributed by atoms with Crippen molar-refractivity contribution in [2.45, 2.75) is 27.3 Å². The number of hydrogen-bond acceptors (Lipinski definition) is 4. The summed E-state index contributed by atoms with van der Waals surface area (Å²) in [5.74, 6) is -0.566. The third kappa shape index (κ3) is 4.52. The summed E-state index contributed by atoms with van der Waals surface area (Å²) in [5, 5.41) is 5.69. The first-order chi connectivity index (χ1) is 15.8. The molecule has 1 aromatic heterocycles. The van der Waals surface area contributed by atoms with E-state index in [1.807, 2.05) is 38.1 Å². The molecule has 3 aromatic carbocycles. The normalized spacial score (nSPS) is 10.8. The number of anilines is 2. The van der Waals surface area contributed by atoms with Crippen LogP contribution in [-0.2, 0) is 16.1 Å². The number of carbonyl (C=O) groups is 2. The fourth-order valence-corrected chi connectivity index (χ4v) is 3.85. The van der Waals surface area contributed by atoms with Gasteiger partial charge in [-0.3, -0.25) is 19.0 Å². The van der Waals surface area contributed by atoms with E-state index < -0.39 is 5.56 Å². The second-order valence-corrected chi connectivity index (χ2v) is 7.88. The largest absolute Gasteiger partial charge is 0.326 e. The van der Waals surface area contributed by atoms with Crippen molar-refractivity contribution in [3.63, 3.8) is 0 Å². The van der Waals surface area contributed by atoms with Gasteiger partial charge in [-0.15, -0.1) is 0 Å². The van der Waals surface area contributed by atoms with E-state index in [-0.39, 0.29) is 24.1 Å². The Morgan fingerprint density at radius 3 is 2.27 bits per heavy atom. The number of nitrogens with zero attached hydrogens (tertiary/aromatic N) is 2. The van der Waals surface area contributed by atoms with Crippen molar-refractivity contribution in [2.75, 3.05) is 10.6 Å². The summed E-state index contributed by atoms with van der Waals surface area (Å²) in [5.41, 5.74) is 4.49. The highest BCUT2D eigenvalue weighted by Crippen LogP contribution is 2.26. The summed E-state index contributed by atoms with van der Waals surface area (Å²) in [6, 6.07) is 19.9. The Bertz CT molecular complexity index is 1420. The summed E-state index contributed by atoms with van der Waals surface area (Å²) in [4.78, 5) is 42.8. The predicted octanol–water partition coefficient (Wildman–Crippen LogP) is 4.28. The highest BCUT2D eigenvalue weighted by Gasteiger charge is 2.18. The van der Waals surface area contributed by atoms with Crippen molar-refractivity contribution in [3.8, 4) is 11.3 Å². The highest BCUT2D eigenvalue weighted by molar-refractivity contribution is 5.95. The Morgan fingerprint density at radius 2 is 1.55 bits per heavy atom. The number of carbonyl (C=O) groups excluding carboxylic acids is 2. The van der Waals surface area contributed by atoms with E-state index in [2.05, 4.69) is 15.6 Å². The van der Waals surface area contributed by atoms with Gasteiger partial charge in [0.25, 0.3) is 5.56 Å². The highest BCUT2D eigenvalue weighted by atomic mass is 16.2. The van der Waals surface area contributed by atoms with Gasteiger partial charge in [0.15, 0.2) is 0 Å². The number of para-hydroxylation sites is 4. The van der Waals surface area contributed by atoms with E-state index in [1.165, 1.54) is 11.5 Å². The van der Waals surface area contributed by atoms with E-state index in [1.54, 1.807) is 42.5 Å². The van der Waals surface area contributed by atoms with Gasteiger partial charge in [0, 0.05) is 18.2 Å². The Kier molecular flexibility index (Phi) is 6.04. The van der Waals surface area contributed by atoms with Gasteiger partial charge < -0.3 is 10.6 Å². The molecule has 0 radical (unpaired) electrons. The molecule has 7 nitrogen and oxygen atoms in total. The number of hydrogen-bond donors (Lipinski definition) is 2. The Hall–Kier alpha value is -4.26. The molecule has 0 spiro atoms. The fraction of sp³-hybridized carbons (Fsp3) is 0.154. The van der Waals surface area contributed by atoms with E-state index >= 15 is 0 Å². The van der Waals surface area contributed by atoms with E-state index in [9.17, 15) is 14.4 Å². The minimum atomic E-state index is -0.414. The molecule has 0 bridgehead atoms. The van der Waals surface area contributed by atoms with Crippen LogP contribution in [0.4, 0.5) is 11.4 Å². The first kappa shape index (κ1) is 22.0. The van der Waals surface area contributed by atoms with Crippen LogP contribution in [0.15, 0.2) is 71.5 Å². The molecule has 0 saturated heterocycles. The van der Waals surface area contributed by atoms with Gasteiger partial charge in [0.1, 0.15) is 12.2 Å². The molecule has 0 aliphatic rings. The van der Waals surface area contributed by atoms with Gasteiger partial charge in [-0.1, -0.05) is 48.5 Å². The minimum absolute atomic E-state index is 0.165. The van der Waals surface area contributed by atoms with Crippen molar-refractivity contribution in [1.29, 1.82) is 0 Å². The maximum Gasteiger partial charge on any atom is 0.278 e. The summed E-state index contributed by atoms with van der Waals surface area (Å²) in [7, 11) is 0. The molecule has 0 aliphatic heterocycles. The topological polar surface area (TPSA) is 93.1 Å². The van der Waals surface area contributed by atoms with Gasteiger partial charge in [-0.2, -0.15) is 0 Å². The second-order valence-electron chi connectivity index (χ2n) is 7.88. The van der Waals surface area contributed by atoms with Crippen LogP contribution in [0.25, 0.3) is 22.3 Å². The van der Waals surface area contributed by atoms with Gasteiger partial charge in [0.2, 0.25) is 11.8 Å². The van der Waals surface area contributed by atoms with Gasteiger partial charge in [-0.25, -0.2) is 4.98 Å². The lowest BCUT2D eigenvalue weighted by atomic mass is 10.1. The van der Waals surface area contributed by atoms with Crippen LogP contribution in [0.3, 0.4) is 0 Å². The Morgan fingerprint density at radius 1 is 0.879 bits per heavy atom. The summed E-state index contributed by atoms with van der Waals surface area (Å²) in [6.07, 6.45) is 0. The lowest BCUT2D eigenvalue weighted by molar-refractivity contribution is -0.117. The van der Waals surface area contributed by atoms with Gasteiger partial charge in [0.05, 0.1) is 16.7 Å². The fourth-order valence-electron chi connectivity index (χ4n) is 3.85. The average molecular weight is 441 g/mol. The quantitative estimate of drug-likeness (QED) is 0.485. The van der Waals surface area contributed by atoms with Crippen LogP contribution in [0, 0.1) is 13.8 Å². The van der Waals surface area contributed by atoms with E-state index in [4.69, 9.17) is 0 Å². The summed E-state index contributed by atoms with van der Waals surface area (Å²) in [6.45, 7) is 5.08. The summed E-state index contributed by atoms with van der Waals surface area (Å²) >= 11 is 0. The zero-order valence-electron chi connectivity index (χ0n) is 18.7. The monoisotopic (exact) mass is 440 g/mol. The molecular formula is C26H24N4O3. The number of nitrogens with one attached hydrogen (secondary N) is 2. The van der Waals surface area contributed by atoms with Crippen LogP contribution in [-0.4, -0.2) is 21.4 Å². The number of fused-ring (bicyclic) bond motifs is 1. The maximum atomic E-state index is 13.6. The molecule has 0 unspecified atom stereocenters. The molecule has 2 amide bonds. The van der Waals surface area contributed by atoms with Crippen molar-refractivity contribution in [1.82, 2.24) is 9.55 Å². The second kappa shape index (κ2) is 9.08. The third-order valence-corrected chi connectivity index (χ3v) is 5.39. The third-order valence-electron chi connectivity index (χ3n) is 5.39. The van der Waals surface area contributed by atoms with Crippen LogP contribution >= 0.6 is 0 Å². The number of aryl methyl sites for hydroxylation is 2. The molecule has 0 aliphatic carbocycles. The lowest BCUT2D eigenvalue weighted by Crippen LogP contribution is -2.30. The number of benzene rings is 3.